The molecule has 0 aromatic rings. The quantitative estimate of drug-likeness (QED) is 0.412. The molecule has 0 atom stereocenters. The van der Waals surface area contributed by atoms with E-state index in [1.54, 1.807) is 6.92 Å². The van der Waals surface area contributed by atoms with Gasteiger partial charge in [0.2, 0.25) is 0 Å². The van der Waals surface area contributed by atoms with Crippen LogP contribution in [0.5, 0.6) is 0 Å². The Labute approximate surface area is 87.8 Å². The number of hydrogen-bond donors (Lipinski definition) is 1. The maximum absolute atomic E-state index is 10.1. The van der Waals surface area contributed by atoms with Crippen LogP contribution in [0.15, 0.2) is 12.2 Å². The first-order valence-electron chi connectivity index (χ1n) is 4.17. The van der Waals surface area contributed by atoms with Crippen molar-refractivity contribution in [3.05, 3.63) is 12.2 Å². The van der Waals surface area contributed by atoms with Crippen molar-refractivity contribution in [2.24, 2.45) is 5.41 Å². The van der Waals surface area contributed by atoms with Gasteiger partial charge in [0.1, 0.15) is 24.3 Å². The molecule has 5 heteroatoms. The maximum atomic E-state index is 10.1. The Morgan fingerprint density at radius 2 is 1.53 bits per heavy atom. The molecule has 0 saturated carbocycles. The third-order valence-corrected chi connectivity index (χ3v) is 1.64. The molecule has 0 saturated heterocycles. The third-order valence-electron chi connectivity index (χ3n) is 1.64. The van der Waals surface area contributed by atoms with Gasteiger partial charge >= 0.3 is 5.97 Å². The summed E-state index contributed by atoms with van der Waals surface area (Å²) in [5, 5.41) is 7.89. The number of carbonyl (C=O) groups excluding carboxylic acids is 3. The second-order valence-electron chi connectivity index (χ2n) is 2.90. The molecule has 0 spiro atoms. The van der Waals surface area contributed by atoms with E-state index in [1.165, 1.54) is 6.92 Å². The Bertz CT molecular complexity index is 233. The molecule has 0 rings (SSSR count). The summed E-state index contributed by atoms with van der Waals surface area (Å²) in [5.41, 5.74) is -1.20. The van der Waals surface area contributed by atoms with Crippen molar-refractivity contribution in [3.8, 4) is 0 Å². The Morgan fingerprint density at radius 3 is 1.53 bits per heavy atom. The topological polar surface area (TPSA) is 88.5 Å². The van der Waals surface area contributed by atoms with E-state index in [2.05, 4.69) is 6.58 Å². The second kappa shape index (κ2) is 7.61. The average molecular weight is 214 g/mol. The van der Waals surface area contributed by atoms with Gasteiger partial charge in [-0.1, -0.05) is 13.5 Å². The Hall–Kier alpha value is -1.78. The van der Waals surface area contributed by atoms with Gasteiger partial charge in [-0.2, -0.15) is 0 Å². The fourth-order valence-electron chi connectivity index (χ4n) is 0.333. The van der Waals surface area contributed by atoms with Gasteiger partial charge in [-0.15, -0.1) is 0 Å². The lowest BCUT2D eigenvalue weighted by molar-refractivity contribution is -0.134. The van der Waals surface area contributed by atoms with Crippen molar-refractivity contribution in [1.29, 1.82) is 0 Å². The number of carboxylic acid groups (broad SMARTS) is 1. The highest BCUT2D eigenvalue weighted by Gasteiger charge is 2.25. The Balaban J connectivity index is 0. The van der Waals surface area contributed by atoms with Gasteiger partial charge in [0.25, 0.3) is 0 Å². The zero-order valence-electron chi connectivity index (χ0n) is 8.73. The highest BCUT2D eigenvalue weighted by atomic mass is 16.4. The monoisotopic (exact) mass is 214 g/mol. The molecule has 0 amide bonds. The molecule has 0 aliphatic heterocycles. The van der Waals surface area contributed by atoms with E-state index in [0.29, 0.717) is 18.9 Å². The van der Waals surface area contributed by atoms with Crippen LogP contribution in [0.4, 0.5) is 0 Å². The molecule has 0 radical (unpaired) electrons. The van der Waals surface area contributed by atoms with E-state index >= 15 is 0 Å². The minimum absolute atomic E-state index is 0.176. The molecule has 1 N–H and O–H groups in total. The van der Waals surface area contributed by atoms with E-state index in [9.17, 15) is 19.2 Å². The van der Waals surface area contributed by atoms with Crippen LogP contribution in [0, 0.1) is 5.41 Å². The van der Waals surface area contributed by atoms with Gasteiger partial charge in [-0.05, 0) is 13.3 Å². The number of rotatable bonds is 5. The first kappa shape index (κ1) is 15.7. The van der Waals surface area contributed by atoms with E-state index in [1.807, 2.05) is 0 Å². The lowest BCUT2D eigenvalue weighted by atomic mass is 9.91. The van der Waals surface area contributed by atoms with Crippen LogP contribution < -0.4 is 0 Å². The van der Waals surface area contributed by atoms with Crippen LogP contribution in [-0.2, 0) is 19.2 Å². The first-order valence-corrected chi connectivity index (χ1v) is 4.17. The number of hydrogen-bond acceptors (Lipinski definition) is 4. The molecule has 0 aromatic heterocycles. The molecule has 84 valence electrons. The molecule has 0 heterocycles. The van der Waals surface area contributed by atoms with Crippen molar-refractivity contribution in [2.75, 3.05) is 0 Å². The minimum Gasteiger partial charge on any atom is -0.478 e. The first-order chi connectivity index (χ1) is 6.89. The summed E-state index contributed by atoms with van der Waals surface area (Å²) in [7, 11) is 0. The normalized spacial score (nSPS) is 9.20. The largest absolute Gasteiger partial charge is 0.478 e. The van der Waals surface area contributed by atoms with Crippen LogP contribution >= 0.6 is 0 Å². The SMILES string of the molecule is C=C(C)C(=O)O.CCC(C=O)(C=O)C=O. The van der Waals surface area contributed by atoms with Gasteiger partial charge < -0.3 is 19.5 Å². The highest BCUT2D eigenvalue weighted by molar-refractivity contribution is 6.01. The van der Waals surface area contributed by atoms with E-state index in [0.717, 1.165) is 0 Å². The standard InChI is InChI=1S/C6H8O3.C4H6O2/c1-2-6(3-7,4-8)5-9;1-3(2)4(5)6/h3-5H,2H2,1H3;1H2,2H3,(H,5,6). The van der Waals surface area contributed by atoms with Crippen LogP contribution in [0.3, 0.4) is 0 Å². The molecule has 0 unspecified atom stereocenters. The molecule has 15 heavy (non-hydrogen) atoms. The molecule has 5 nitrogen and oxygen atoms in total. The van der Waals surface area contributed by atoms with Gasteiger partial charge in [0, 0.05) is 5.57 Å². The van der Waals surface area contributed by atoms with Crippen LogP contribution in [0.25, 0.3) is 0 Å². The Kier molecular flexibility index (Phi) is 7.95. The van der Waals surface area contributed by atoms with Crippen LogP contribution in [-0.4, -0.2) is 29.9 Å². The van der Waals surface area contributed by atoms with Gasteiger partial charge in [-0.25, -0.2) is 4.79 Å². The molecular weight excluding hydrogens is 200 g/mol. The summed E-state index contributed by atoms with van der Waals surface area (Å²) in [5.74, 6) is -0.935. The fourth-order valence-corrected chi connectivity index (χ4v) is 0.333. The molecule has 0 bridgehead atoms. The van der Waals surface area contributed by atoms with Crippen molar-refractivity contribution >= 4 is 24.8 Å². The molecule has 0 aromatic carbocycles. The minimum atomic E-state index is -1.38. The predicted octanol–water partition coefficient (Wildman–Crippen LogP) is 0.627. The summed E-state index contributed by atoms with van der Waals surface area (Å²) in [4.78, 5) is 39.8. The lowest BCUT2D eigenvalue weighted by Crippen LogP contribution is -2.24. The predicted molar refractivity (Wildman–Crippen MR) is 53.4 cm³/mol. The number of carbonyl (C=O) groups is 4. The summed E-state index contributed by atoms with van der Waals surface area (Å²) in [6, 6.07) is 0. The van der Waals surface area contributed by atoms with Crippen molar-refractivity contribution in [3.63, 3.8) is 0 Å². The number of aliphatic carboxylic acids is 1. The molecule has 0 aliphatic rings. The second-order valence-corrected chi connectivity index (χ2v) is 2.90. The molecule has 0 aliphatic carbocycles. The average Bonchev–Trinajstić information content (AvgIpc) is 2.23. The number of carboxylic acids is 1. The fraction of sp³-hybridized carbons (Fsp3) is 0.400. The van der Waals surface area contributed by atoms with Crippen LogP contribution in [0.1, 0.15) is 20.3 Å². The maximum Gasteiger partial charge on any atom is 0.330 e. The molecular formula is C10H14O5. The molecule has 0 fully saturated rings. The van der Waals surface area contributed by atoms with Gasteiger partial charge in [0.05, 0.1) is 0 Å². The highest BCUT2D eigenvalue weighted by Crippen LogP contribution is 2.10. The summed E-state index contributed by atoms with van der Waals surface area (Å²) in [6.45, 7) is 6.21. The number of aldehydes is 3. The van der Waals surface area contributed by atoms with Crippen molar-refractivity contribution in [2.45, 2.75) is 20.3 Å². The van der Waals surface area contributed by atoms with E-state index < -0.39 is 11.4 Å². The van der Waals surface area contributed by atoms with Crippen molar-refractivity contribution < 1.29 is 24.3 Å². The zero-order chi connectivity index (χ0) is 12.5. The Morgan fingerprint density at radius 1 is 1.27 bits per heavy atom. The van der Waals surface area contributed by atoms with E-state index in [-0.39, 0.29) is 12.0 Å². The summed E-state index contributed by atoms with van der Waals surface area (Å²) >= 11 is 0. The lowest BCUT2D eigenvalue weighted by Gasteiger charge is -2.07. The zero-order valence-corrected chi connectivity index (χ0v) is 8.73. The van der Waals surface area contributed by atoms with Gasteiger partial charge in [0.15, 0.2) is 0 Å². The van der Waals surface area contributed by atoms with Crippen molar-refractivity contribution in [1.82, 2.24) is 0 Å². The van der Waals surface area contributed by atoms with E-state index in [4.69, 9.17) is 5.11 Å². The third kappa shape index (κ3) is 6.31. The van der Waals surface area contributed by atoms with Crippen LogP contribution in [0.2, 0.25) is 0 Å². The summed E-state index contributed by atoms with van der Waals surface area (Å²) < 4.78 is 0. The van der Waals surface area contributed by atoms with Gasteiger partial charge in [-0.3, -0.25) is 0 Å². The smallest absolute Gasteiger partial charge is 0.330 e. The summed E-state index contributed by atoms with van der Waals surface area (Å²) in [6.07, 6.45) is 1.34.